The van der Waals surface area contributed by atoms with Crippen molar-refractivity contribution in [3.8, 4) is 0 Å². The van der Waals surface area contributed by atoms with Gasteiger partial charge in [-0.3, -0.25) is 0 Å². The summed E-state index contributed by atoms with van der Waals surface area (Å²) in [4.78, 5) is 0. The van der Waals surface area contributed by atoms with E-state index >= 15 is 0 Å². The molecular formula is C12H26O4S. The third-order valence-corrected chi connectivity index (χ3v) is 5.89. The molecule has 0 aliphatic heterocycles. The average molecular weight is 266 g/mol. The first kappa shape index (κ1) is 16.9. The van der Waals surface area contributed by atoms with Gasteiger partial charge >= 0.3 is 0 Å². The second-order valence-corrected chi connectivity index (χ2v) is 8.61. The van der Waals surface area contributed by atoms with Crippen LogP contribution in [0.5, 0.6) is 0 Å². The van der Waals surface area contributed by atoms with Crippen molar-refractivity contribution in [1.29, 1.82) is 0 Å². The van der Waals surface area contributed by atoms with Crippen molar-refractivity contribution < 1.29 is 18.6 Å². The van der Waals surface area contributed by atoms with Crippen LogP contribution in [0.1, 0.15) is 47.0 Å². The van der Waals surface area contributed by atoms with Crippen molar-refractivity contribution in [3.05, 3.63) is 0 Å². The number of hydrogen-bond acceptors (Lipinski definition) is 4. The van der Waals surface area contributed by atoms with E-state index in [2.05, 4.69) is 0 Å². The van der Waals surface area contributed by atoms with Crippen LogP contribution in [0.4, 0.5) is 0 Å². The Labute approximate surface area is 105 Å². The Balaban J connectivity index is 4.73. The van der Waals surface area contributed by atoms with Gasteiger partial charge in [0, 0.05) is 5.41 Å². The third kappa shape index (κ3) is 4.56. The summed E-state index contributed by atoms with van der Waals surface area (Å²) in [6, 6.07) is 0. The van der Waals surface area contributed by atoms with E-state index in [4.69, 9.17) is 0 Å². The van der Waals surface area contributed by atoms with Gasteiger partial charge in [-0.15, -0.1) is 0 Å². The maximum atomic E-state index is 12.0. The first-order chi connectivity index (χ1) is 7.64. The summed E-state index contributed by atoms with van der Waals surface area (Å²) in [6.45, 7) is 6.62. The molecule has 0 saturated carbocycles. The fourth-order valence-electron chi connectivity index (χ4n) is 1.68. The van der Waals surface area contributed by atoms with Crippen LogP contribution in [0, 0.1) is 5.41 Å². The maximum Gasteiger partial charge on any atom is 0.155 e. The highest BCUT2D eigenvalue weighted by Gasteiger charge is 2.34. The van der Waals surface area contributed by atoms with Crippen LogP contribution < -0.4 is 0 Å². The van der Waals surface area contributed by atoms with Crippen LogP contribution >= 0.6 is 0 Å². The van der Waals surface area contributed by atoms with E-state index in [0.29, 0.717) is 12.8 Å². The van der Waals surface area contributed by atoms with Gasteiger partial charge in [0.25, 0.3) is 0 Å². The second-order valence-electron chi connectivity index (χ2n) is 5.75. The van der Waals surface area contributed by atoms with Gasteiger partial charge in [-0.05, 0) is 33.6 Å². The molecule has 2 N–H and O–H groups in total. The summed E-state index contributed by atoms with van der Waals surface area (Å²) in [5.74, 6) is 0.0115. The smallest absolute Gasteiger partial charge is 0.155 e. The van der Waals surface area contributed by atoms with Crippen molar-refractivity contribution in [2.24, 2.45) is 5.41 Å². The van der Waals surface area contributed by atoms with Crippen LogP contribution in [0.15, 0.2) is 0 Å². The SMILES string of the molecule is CCCC(CO)(CO)CCS(=O)(=O)C(C)(C)C. The lowest BCUT2D eigenvalue weighted by Gasteiger charge is -2.30. The molecule has 0 unspecified atom stereocenters. The molecule has 0 aromatic carbocycles. The van der Waals surface area contributed by atoms with Gasteiger partial charge in [0.15, 0.2) is 9.84 Å². The van der Waals surface area contributed by atoms with E-state index in [1.54, 1.807) is 20.8 Å². The van der Waals surface area contributed by atoms with E-state index in [0.717, 1.165) is 6.42 Å². The Morgan fingerprint density at radius 1 is 1.00 bits per heavy atom. The number of rotatable bonds is 7. The highest BCUT2D eigenvalue weighted by molar-refractivity contribution is 7.92. The summed E-state index contributed by atoms with van der Waals surface area (Å²) in [6.07, 6.45) is 1.77. The molecule has 0 atom stereocenters. The first-order valence-electron chi connectivity index (χ1n) is 6.08. The minimum absolute atomic E-state index is 0.0115. The summed E-state index contributed by atoms with van der Waals surface area (Å²) in [5, 5.41) is 18.7. The molecule has 5 heteroatoms. The van der Waals surface area contributed by atoms with Gasteiger partial charge in [0.1, 0.15) is 0 Å². The third-order valence-electron chi connectivity index (χ3n) is 3.29. The molecule has 4 nitrogen and oxygen atoms in total. The minimum atomic E-state index is -3.19. The molecule has 0 aliphatic rings. The van der Waals surface area contributed by atoms with Crippen molar-refractivity contribution in [2.75, 3.05) is 19.0 Å². The van der Waals surface area contributed by atoms with Crippen LogP contribution in [-0.2, 0) is 9.84 Å². The lowest BCUT2D eigenvalue weighted by atomic mass is 9.82. The van der Waals surface area contributed by atoms with Crippen molar-refractivity contribution in [3.63, 3.8) is 0 Å². The summed E-state index contributed by atoms with van der Waals surface area (Å²) in [7, 11) is -3.19. The van der Waals surface area contributed by atoms with E-state index in [9.17, 15) is 18.6 Å². The number of aliphatic hydroxyl groups excluding tert-OH is 2. The van der Waals surface area contributed by atoms with Crippen molar-refractivity contribution in [2.45, 2.75) is 51.7 Å². The van der Waals surface area contributed by atoms with Gasteiger partial charge < -0.3 is 10.2 Å². The second kappa shape index (κ2) is 6.16. The van der Waals surface area contributed by atoms with E-state index in [-0.39, 0.29) is 19.0 Å². The van der Waals surface area contributed by atoms with Gasteiger partial charge in [0.2, 0.25) is 0 Å². The lowest BCUT2D eigenvalue weighted by Crippen LogP contribution is -2.36. The predicted octanol–water partition coefficient (Wildman–Crippen LogP) is 1.36. The Morgan fingerprint density at radius 2 is 1.47 bits per heavy atom. The first-order valence-corrected chi connectivity index (χ1v) is 7.73. The maximum absolute atomic E-state index is 12.0. The van der Waals surface area contributed by atoms with Gasteiger partial charge in [-0.25, -0.2) is 8.42 Å². The molecule has 0 aromatic heterocycles. The van der Waals surface area contributed by atoms with Crippen molar-refractivity contribution in [1.82, 2.24) is 0 Å². The molecule has 0 aliphatic carbocycles. The monoisotopic (exact) mass is 266 g/mol. The predicted molar refractivity (Wildman–Crippen MR) is 69.7 cm³/mol. The Bertz CT molecular complexity index is 310. The Hall–Kier alpha value is -0.130. The van der Waals surface area contributed by atoms with E-state index < -0.39 is 20.0 Å². The molecular weight excluding hydrogens is 240 g/mol. The fraction of sp³-hybridized carbons (Fsp3) is 1.00. The highest BCUT2D eigenvalue weighted by atomic mass is 32.2. The minimum Gasteiger partial charge on any atom is -0.396 e. The standard InChI is InChI=1S/C12H26O4S/c1-5-6-12(9-13,10-14)7-8-17(15,16)11(2,3)4/h13-14H,5-10H2,1-4H3. The molecule has 0 saturated heterocycles. The normalized spacial score (nSPS) is 14.0. The largest absolute Gasteiger partial charge is 0.396 e. The zero-order chi connectivity index (χ0) is 13.7. The quantitative estimate of drug-likeness (QED) is 0.729. The summed E-state index contributed by atoms with van der Waals surface area (Å²) < 4.78 is 23.2. The van der Waals surface area contributed by atoms with Gasteiger partial charge in [-0.1, -0.05) is 13.3 Å². The van der Waals surface area contributed by atoms with Crippen LogP contribution in [0.25, 0.3) is 0 Å². The summed E-state index contributed by atoms with van der Waals surface area (Å²) >= 11 is 0. The molecule has 104 valence electrons. The van der Waals surface area contributed by atoms with E-state index in [1.807, 2.05) is 6.92 Å². The average Bonchev–Trinajstić information content (AvgIpc) is 2.23. The Kier molecular flexibility index (Phi) is 6.11. The molecule has 0 heterocycles. The van der Waals surface area contributed by atoms with Crippen LogP contribution in [-0.4, -0.2) is 42.3 Å². The molecule has 0 fully saturated rings. The van der Waals surface area contributed by atoms with E-state index in [1.165, 1.54) is 0 Å². The molecule has 0 amide bonds. The fourth-order valence-corrected chi connectivity index (χ4v) is 2.99. The molecule has 0 aromatic rings. The molecule has 0 rings (SSSR count). The highest BCUT2D eigenvalue weighted by Crippen LogP contribution is 2.29. The van der Waals surface area contributed by atoms with Crippen molar-refractivity contribution >= 4 is 9.84 Å². The molecule has 0 spiro atoms. The zero-order valence-corrected chi connectivity index (χ0v) is 12.2. The number of aliphatic hydroxyl groups is 2. The van der Waals surface area contributed by atoms with Crippen LogP contribution in [0.3, 0.4) is 0 Å². The Morgan fingerprint density at radius 3 is 1.76 bits per heavy atom. The zero-order valence-electron chi connectivity index (χ0n) is 11.4. The number of sulfone groups is 1. The lowest BCUT2D eigenvalue weighted by molar-refractivity contribution is 0.0438. The van der Waals surface area contributed by atoms with Gasteiger partial charge in [-0.2, -0.15) is 0 Å². The summed E-state index contributed by atoms with van der Waals surface area (Å²) in [5.41, 5.74) is -0.660. The molecule has 0 radical (unpaired) electrons. The van der Waals surface area contributed by atoms with Crippen LogP contribution in [0.2, 0.25) is 0 Å². The molecule has 17 heavy (non-hydrogen) atoms. The number of hydrogen-bond donors (Lipinski definition) is 2. The topological polar surface area (TPSA) is 74.6 Å². The molecule has 0 bridgehead atoms. The van der Waals surface area contributed by atoms with Gasteiger partial charge in [0.05, 0.1) is 23.7 Å².